The second-order valence-corrected chi connectivity index (χ2v) is 7.72. The summed E-state index contributed by atoms with van der Waals surface area (Å²) in [5.74, 6) is 0. The maximum absolute atomic E-state index is 5.09. The molecule has 0 aromatic rings. The van der Waals surface area contributed by atoms with Gasteiger partial charge in [-0.25, -0.2) is 0 Å². The smallest absolute Gasteiger partial charge is 0.147 e. The molecule has 76 valence electrons. The Balaban J connectivity index is 3.57. The largest absolute Gasteiger partial charge is 0.363 e. The van der Waals surface area contributed by atoms with Gasteiger partial charge in [-0.2, -0.15) is 0 Å². The summed E-state index contributed by atoms with van der Waals surface area (Å²) < 4.78 is 1.72. The third kappa shape index (κ3) is 6.84. The van der Waals surface area contributed by atoms with Gasteiger partial charge in [0.05, 0.1) is 0 Å². The van der Waals surface area contributed by atoms with E-state index in [2.05, 4.69) is 0 Å². The van der Waals surface area contributed by atoms with E-state index in [0.29, 0.717) is 0 Å². The van der Waals surface area contributed by atoms with Gasteiger partial charge in [0.15, 0.2) is 0 Å². The van der Waals surface area contributed by atoms with Crippen molar-refractivity contribution in [2.24, 2.45) is 0 Å². The van der Waals surface area contributed by atoms with Crippen LogP contribution < -0.4 is 0 Å². The maximum Gasteiger partial charge on any atom is 0.147 e. The fourth-order valence-electron chi connectivity index (χ4n) is 0.224. The summed E-state index contributed by atoms with van der Waals surface area (Å²) in [4.78, 5) is 3.82. The molecule has 7 heteroatoms. The Morgan fingerprint density at radius 2 is 1.15 bits per heavy atom. The van der Waals surface area contributed by atoms with Crippen LogP contribution in [0, 0.1) is 0 Å². The lowest BCUT2D eigenvalue weighted by Gasteiger charge is -2.13. The summed E-state index contributed by atoms with van der Waals surface area (Å²) in [5.41, 5.74) is 0. The van der Waals surface area contributed by atoms with Crippen LogP contribution in [0.2, 0.25) is 0 Å². The van der Waals surface area contributed by atoms with Crippen LogP contribution in [0.15, 0.2) is 0 Å². The van der Waals surface area contributed by atoms with Gasteiger partial charge in [-0.1, -0.05) is 24.4 Å². The number of hydrogen-bond acceptors (Lipinski definition) is 5. The second-order valence-electron chi connectivity index (χ2n) is 2.56. The summed E-state index contributed by atoms with van der Waals surface area (Å²) in [6, 6.07) is 0. The minimum atomic E-state index is 0.860. The summed E-state index contributed by atoms with van der Waals surface area (Å²) in [7, 11) is 12.4. The van der Waals surface area contributed by atoms with Gasteiger partial charge in [-0.15, -0.1) is 0 Å². The number of thiocarbonyl (C=S) groups is 2. The van der Waals surface area contributed by atoms with E-state index in [0.717, 1.165) is 8.64 Å². The van der Waals surface area contributed by atoms with E-state index in [4.69, 9.17) is 24.4 Å². The summed E-state index contributed by atoms with van der Waals surface area (Å²) in [5, 5.41) is 0. The van der Waals surface area contributed by atoms with Gasteiger partial charge in [0.1, 0.15) is 8.64 Å². The Bertz CT molecular complexity index is 171. The summed E-state index contributed by atoms with van der Waals surface area (Å²) in [6.45, 7) is 0. The molecule has 0 fully saturated rings. The van der Waals surface area contributed by atoms with Crippen LogP contribution in [-0.4, -0.2) is 46.6 Å². The van der Waals surface area contributed by atoms with Crippen molar-refractivity contribution in [3.05, 3.63) is 0 Å². The molecule has 0 atom stereocenters. The third-order valence-corrected chi connectivity index (χ3v) is 6.54. The Hall–Kier alpha value is 0.830. The standard InChI is InChI=1S/C6H12N2S5/c1-7(2)5(9)11-13-12-6(10)8(3)4/h1-4H3. The first-order valence-corrected chi connectivity index (χ1v) is 7.69. The Kier molecular flexibility index (Phi) is 7.62. The van der Waals surface area contributed by atoms with Gasteiger partial charge in [0.2, 0.25) is 0 Å². The van der Waals surface area contributed by atoms with Gasteiger partial charge in [0, 0.05) is 28.2 Å². The van der Waals surface area contributed by atoms with Crippen molar-refractivity contribution >= 4 is 64.5 Å². The molecule has 0 heterocycles. The Morgan fingerprint density at radius 3 is 1.38 bits per heavy atom. The first-order chi connectivity index (χ1) is 5.95. The van der Waals surface area contributed by atoms with Gasteiger partial charge in [0.25, 0.3) is 0 Å². The minimum Gasteiger partial charge on any atom is -0.363 e. The van der Waals surface area contributed by atoms with Gasteiger partial charge in [-0.05, 0) is 31.4 Å². The fourth-order valence-corrected chi connectivity index (χ4v) is 4.87. The highest BCUT2D eigenvalue weighted by atomic mass is 33.5. The van der Waals surface area contributed by atoms with E-state index in [1.807, 2.05) is 38.0 Å². The van der Waals surface area contributed by atoms with Crippen molar-refractivity contribution < 1.29 is 0 Å². The normalized spacial score (nSPS) is 9.54. The zero-order valence-electron chi connectivity index (χ0n) is 7.94. The molecule has 0 N–H and O–H groups in total. The topological polar surface area (TPSA) is 6.48 Å². The zero-order valence-corrected chi connectivity index (χ0v) is 12.0. The third-order valence-electron chi connectivity index (χ3n) is 0.941. The SMILES string of the molecule is CN(C)C(=S)SSSC(=S)N(C)C. The van der Waals surface area contributed by atoms with Crippen molar-refractivity contribution in [1.29, 1.82) is 0 Å². The molecule has 2 nitrogen and oxygen atoms in total. The highest BCUT2D eigenvalue weighted by Gasteiger charge is 2.04. The molecule has 0 saturated heterocycles. The second kappa shape index (κ2) is 7.17. The van der Waals surface area contributed by atoms with E-state index in [1.54, 1.807) is 31.4 Å². The number of nitrogens with zero attached hydrogens (tertiary/aromatic N) is 2. The van der Waals surface area contributed by atoms with Gasteiger partial charge < -0.3 is 9.80 Å². The fraction of sp³-hybridized carbons (Fsp3) is 0.667. The maximum atomic E-state index is 5.09. The summed E-state index contributed by atoms with van der Waals surface area (Å²) in [6.07, 6.45) is 0. The van der Waals surface area contributed by atoms with Crippen LogP contribution in [0.1, 0.15) is 0 Å². The average molecular weight is 273 g/mol. The van der Waals surface area contributed by atoms with E-state index in [9.17, 15) is 0 Å². The monoisotopic (exact) mass is 272 g/mol. The predicted octanol–water partition coefficient (Wildman–Crippen LogP) is 2.71. The van der Waals surface area contributed by atoms with Crippen molar-refractivity contribution in [3.63, 3.8) is 0 Å². The quantitative estimate of drug-likeness (QED) is 0.556. The zero-order chi connectivity index (χ0) is 10.4. The van der Waals surface area contributed by atoms with Crippen molar-refractivity contribution in [3.8, 4) is 0 Å². The van der Waals surface area contributed by atoms with Crippen LogP contribution >= 0.6 is 55.8 Å². The number of hydrogen-bond donors (Lipinski definition) is 0. The van der Waals surface area contributed by atoms with E-state index in [1.165, 1.54) is 0 Å². The van der Waals surface area contributed by atoms with Crippen LogP contribution in [0.5, 0.6) is 0 Å². The van der Waals surface area contributed by atoms with Crippen LogP contribution in [0.3, 0.4) is 0 Å². The summed E-state index contributed by atoms with van der Waals surface area (Å²) >= 11 is 10.2. The van der Waals surface area contributed by atoms with E-state index in [-0.39, 0.29) is 0 Å². The first kappa shape index (κ1) is 13.8. The van der Waals surface area contributed by atoms with Crippen molar-refractivity contribution in [2.75, 3.05) is 28.2 Å². The Morgan fingerprint density at radius 1 is 0.846 bits per heavy atom. The molecular formula is C6H12N2S5. The van der Waals surface area contributed by atoms with E-state index < -0.39 is 0 Å². The van der Waals surface area contributed by atoms with E-state index >= 15 is 0 Å². The van der Waals surface area contributed by atoms with Gasteiger partial charge in [-0.3, -0.25) is 0 Å². The average Bonchev–Trinajstić information content (AvgIpc) is 2.03. The molecule has 0 bridgehead atoms. The van der Waals surface area contributed by atoms with Gasteiger partial charge >= 0.3 is 0 Å². The predicted molar refractivity (Wildman–Crippen MR) is 75.3 cm³/mol. The van der Waals surface area contributed by atoms with Crippen LogP contribution in [0.4, 0.5) is 0 Å². The van der Waals surface area contributed by atoms with Crippen molar-refractivity contribution in [1.82, 2.24) is 9.80 Å². The molecule has 0 aliphatic heterocycles. The molecule has 0 saturated carbocycles. The lowest BCUT2D eigenvalue weighted by Crippen LogP contribution is -2.16. The van der Waals surface area contributed by atoms with Crippen LogP contribution in [0.25, 0.3) is 0 Å². The van der Waals surface area contributed by atoms with Crippen molar-refractivity contribution in [2.45, 2.75) is 0 Å². The molecule has 0 rings (SSSR count). The Labute approximate surface area is 102 Å². The molecule has 13 heavy (non-hydrogen) atoms. The molecule has 0 spiro atoms. The molecule has 0 amide bonds. The highest BCUT2D eigenvalue weighted by molar-refractivity contribution is 9.15. The molecule has 0 aromatic carbocycles. The van der Waals surface area contributed by atoms with Crippen LogP contribution in [-0.2, 0) is 0 Å². The lowest BCUT2D eigenvalue weighted by molar-refractivity contribution is 0.648. The molecular weight excluding hydrogens is 260 g/mol. The molecule has 0 unspecified atom stereocenters. The molecule has 0 aliphatic carbocycles. The first-order valence-electron chi connectivity index (χ1n) is 3.39. The molecule has 0 aliphatic rings. The highest BCUT2D eigenvalue weighted by Crippen LogP contribution is 2.37. The molecule has 0 aromatic heterocycles. The minimum absolute atomic E-state index is 0.860. The molecule has 0 radical (unpaired) electrons. The number of rotatable bonds is 2. The lowest BCUT2D eigenvalue weighted by atomic mass is 11.0.